The Labute approximate surface area is 154 Å². The highest BCUT2D eigenvalue weighted by atomic mass is 16.5. The van der Waals surface area contributed by atoms with Crippen LogP contribution in [0.15, 0.2) is 36.4 Å². The van der Waals surface area contributed by atoms with Gasteiger partial charge in [0.25, 0.3) is 0 Å². The van der Waals surface area contributed by atoms with E-state index in [1.54, 1.807) is 46.6 Å². The SMILES string of the molecule is COc1ccc(OC)c(NC(=O)CCCc2ccc(OC)c(OC)c2)c1. The van der Waals surface area contributed by atoms with Crippen molar-refractivity contribution in [1.82, 2.24) is 0 Å². The van der Waals surface area contributed by atoms with Crippen LogP contribution in [-0.2, 0) is 11.2 Å². The zero-order valence-electron chi connectivity index (χ0n) is 15.6. The minimum absolute atomic E-state index is 0.0722. The average Bonchev–Trinajstić information content (AvgIpc) is 2.67. The number of amides is 1. The smallest absolute Gasteiger partial charge is 0.224 e. The summed E-state index contributed by atoms with van der Waals surface area (Å²) >= 11 is 0. The Morgan fingerprint density at radius 3 is 2.19 bits per heavy atom. The van der Waals surface area contributed by atoms with Crippen molar-refractivity contribution in [1.29, 1.82) is 0 Å². The summed E-state index contributed by atoms with van der Waals surface area (Å²) in [5.74, 6) is 2.57. The molecule has 0 spiro atoms. The third-order valence-electron chi connectivity index (χ3n) is 4.00. The lowest BCUT2D eigenvalue weighted by atomic mass is 10.1. The number of carbonyl (C=O) groups excluding carboxylic acids is 1. The molecule has 2 rings (SSSR count). The summed E-state index contributed by atoms with van der Waals surface area (Å²) in [5, 5.41) is 2.87. The van der Waals surface area contributed by atoms with E-state index in [0.29, 0.717) is 41.5 Å². The van der Waals surface area contributed by atoms with Gasteiger partial charge >= 0.3 is 0 Å². The molecular formula is C20H25NO5. The molecule has 0 aliphatic rings. The van der Waals surface area contributed by atoms with Gasteiger partial charge in [0.05, 0.1) is 34.1 Å². The van der Waals surface area contributed by atoms with E-state index in [1.807, 2.05) is 18.2 Å². The minimum Gasteiger partial charge on any atom is -0.497 e. The monoisotopic (exact) mass is 359 g/mol. The van der Waals surface area contributed by atoms with Crippen molar-refractivity contribution in [2.75, 3.05) is 33.8 Å². The van der Waals surface area contributed by atoms with Gasteiger partial charge in [0.1, 0.15) is 11.5 Å². The summed E-state index contributed by atoms with van der Waals surface area (Å²) in [6, 6.07) is 11.1. The van der Waals surface area contributed by atoms with E-state index < -0.39 is 0 Å². The Balaban J connectivity index is 1.91. The molecular weight excluding hydrogens is 334 g/mol. The molecule has 0 saturated heterocycles. The maximum atomic E-state index is 12.2. The van der Waals surface area contributed by atoms with E-state index in [1.165, 1.54) is 0 Å². The van der Waals surface area contributed by atoms with Crippen LogP contribution in [0.25, 0.3) is 0 Å². The molecule has 0 atom stereocenters. The fourth-order valence-corrected chi connectivity index (χ4v) is 2.61. The Morgan fingerprint density at radius 1 is 0.846 bits per heavy atom. The molecule has 140 valence electrons. The van der Waals surface area contributed by atoms with Gasteiger partial charge in [-0.3, -0.25) is 4.79 Å². The third kappa shape index (κ3) is 5.05. The van der Waals surface area contributed by atoms with Crippen molar-refractivity contribution in [3.8, 4) is 23.0 Å². The van der Waals surface area contributed by atoms with Gasteiger partial charge in [-0.1, -0.05) is 6.07 Å². The topological polar surface area (TPSA) is 66.0 Å². The van der Waals surface area contributed by atoms with Gasteiger partial charge in [0, 0.05) is 12.5 Å². The Morgan fingerprint density at radius 2 is 1.54 bits per heavy atom. The first-order valence-corrected chi connectivity index (χ1v) is 8.34. The van der Waals surface area contributed by atoms with Crippen molar-refractivity contribution < 1.29 is 23.7 Å². The quantitative estimate of drug-likeness (QED) is 0.740. The second kappa shape index (κ2) is 9.56. The predicted molar refractivity (Wildman–Crippen MR) is 101 cm³/mol. The Kier molecular flexibility index (Phi) is 7.14. The number of nitrogens with one attached hydrogen (secondary N) is 1. The summed E-state index contributed by atoms with van der Waals surface area (Å²) in [4.78, 5) is 12.2. The van der Waals surface area contributed by atoms with Gasteiger partial charge in [-0.05, 0) is 42.7 Å². The highest BCUT2D eigenvalue weighted by Crippen LogP contribution is 2.30. The van der Waals surface area contributed by atoms with Crippen molar-refractivity contribution >= 4 is 11.6 Å². The van der Waals surface area contributed by atoms with Gasteiger partial charge in [-0.25, -0.2) is 0 Å². The van der Waals surface area contributed by atoms with E-state index >= 15 is 0 Å². The second-order valence-corrected chi connectivity index (χ2v) is 5.66. The normalized spacial score (nSPS) is 10.2. The van der Waals surface area contributed by atoms with Crippen LogP contribution in [0.4, 0.5) is 5.69 Å². The van der Waals surface area contributed by atoms with Crippen LogP contribution in [-0.4, -0.2) is 34.3 Å². The fourth-order valence-electron chi connectivity index (χ4n) is 2.61. The number of rotatable bonds is 9. The highest BCUT2D eigenvalue weighted by Gasteiger charge is 2.10. The zero-order valence-corrected chi connectivity index (χ0v) is 15.6. The standard InChI is InChI=1S/C20H25NO5/c1-23-15-9-11-17(24-2)16(13-15)21-20(22)7-5-6-14-8-10-18(25-3)19(12-14)26-4/h8-13H,5-7H2,1-4H3,(H,21,22). The number of aryl methyl sites for hydroxylation is 1. The molecule has 1 amide bonds. The van der Waals surface area contributed by atoms with Crippen molar-refractivity contribution in [2.45, 2.75) is 19.3 Å². The molecule has 0 bridgehead atoms. The summed E-state index contributed by atoms with van der Waals surface area (Å²) in [7, 11) is 6.36. The van der Waals surface area contributed by atoms with E-state index in [9.17, 15) is 4.79 Å². The average molecular weight is 359 g/mol. The van der Waals surface area contributed by atoms with Gasteiger partial charge in [-0.15, -0.1) is 0 Å². The van der Waals surface area contributed by atoms with Crippen LogP contribution in [0, 0.1) is 0 Å². The van der Waals surface area contributed by atoms with Gasteiger partial charge in [-0.2, -0.15) is 0 Å². The van der Waals surface area contributed by atoms with E-state index in [-0.39, 0.29) is 5.91 Å². The maximum absolute atomic E-state index is 12.2. The largest absolute Gasteiger partial charge is 0.497 e. The molecule has 0 heterocycles. The third-order valence-corrected chi connectivity index (χ3v) is 4.00. The molecule has 0 saturated carbocycles. The van der Waals surface area contributed by atoms with Crippen molar-refractivity contribution in [3.05, 3.63) is 42.0 Å². The molecule has 0 aliphatic heterocycles. The van der Waals surface area contributed by atoms with E-state index in [0.717, 1.165) is 12.0 Å². The van der Waals surface area contributed by atoms with Crippen LogP contribution in [0.1, 0.15) is 18.4 Å². The second-order valence-electron chi connectivity index (χ2n) is 5.66. The number of anilines is 1. The Bertz CT molecular complexity index is 745. The summed E-state index contributed by atoms with van der Waals surface area (Å²) in [6.45, 7) is 0. The number of hydrogen-bond donors (Lipinski definition) is 1. The number of carbonyl (C=O) groups is 1. The number of ether oxygens (including phenoxy) is 4. The van der Waals surface area contributed by atoms with Crippen LogP contribution in [0.5, 0.6) is 23.0 Å². The molecule has 0 unspecified atom stereocenters. The van der Waals surface area contributed by atoms with Crippen LogP contribution >= 0.6 is 0 Å². The molecule has 6 nitrogen and oxygen atoms in total. The molecule has 0 radical (unpaired) electrons. The lowest BCUT2D eigenvalue weighted by Crippen LogP contribution is -2.12. The first-order chi connectivity index (χ1) is 12.6. The molecule has 1 N–H and O–H groups in total. The van der Waals surface area contributed by atoms with Crippen LogP contribution in [0.2, 0.25) is 0 Å². The van der Waals surface area contributed by atoms with Gasteiger partial charge in [0.2, 0.25) is 5.91 Å². The van der Waals surface area contributed by atoms with Crippen LogP contribution in [0.3, 0.4) is 0 Å². The Hall–Kier alpha value is -2.89. The van der Waals surface area contributed by atoms with Gasteiger partial charge in [0.15, 0.2) is 11.5 Å². The zero-order chi connectivity index (χ0) is 18.9. The molecule has 0 aliphatic carbocycles. The first kappa shape index (κ1) is 19.4. The number of methoxy groups -OCH3 is 4. The predicted octanol–water partition coefficient (Wildman–Crippen LogP) is 3.68. The first-order valence-electron chi connectivity index (χ1n) is 8.34. The molecule has 2 aromatic rings. The van der Waals surface area contributed by atoms with Gasteiger partial charge < -0.3 is 24.3 Å². The summed E-state index contributed by atoms with van der Waals surface area (Å²) in [5.41, 5.74) is 1.69. The number of benzene rings is 2. The summed E-state index contributed by atoms with van der Waals surface area (Å²) < 4.78 is 21.0. The van der Waals surface area contributed by atoms with E-state index in [4.69, 9.17) is 18.9 Å². The molecule has 6 heteroatoms. The minimum atomic E-state index is -0.0722. The number of hydrogen-bond acceptors (Lipinski definition) is 5. The lowest BCUT2D eigenvalue weighted by molar-refractivity contribution is -0.116. The molecule has 26 heavy (non-hydrogen) atoms. The van der Waals surface area contributed by atoms with E-state index in [2.05, 4.69) is 5.32 Å². The van der Waals surface area contributed by atoms with Crippen molar-refractivity contribution in [2.24, 2.45) is 0 Å². The molecule has 0 fully saturated rings. The lowest BCUT2D eigenvalue weighted by Gasteiger charge is -2.12. The fraction of sp³-hybridized carbons (Fsp3) is 0.350. The van der Waals surface area contributed by atoms with Crippen molar-refractivity contribution in [3.63, 3.8) is 0 Å². The van der Waals surface area contributed by atoms with Crippen LogP contribution < -0.4 is 24.3 Å². The maximum Gasteiger partial charge on any atom is 0.224 e. The highest BCUT2D eigenvalue weighted by molar-refractivity contribution is 5.92. The molecule has 0 aromatic heterocycles. The molecule has 2 aromatic carbocycles. The summed E-state index contributed by atoms with van der Waals surface area (Å²) in [6.07, 6.45) is 1.88.